The Labute approximate surface area is 109 Å². The first-order valence-corrected chi connectivity index (χ1v) is 7.09. The predicted molar refractivity (Wildman–Crippen MR) is 74.6 cm³/mol. The number of likely N-dealkylation sites (tertiary alicyclic amines) is 1. The maximum atomic E-state index is 5.90. The quantitative estimate of drug-likeness (QED) is 0.818. The van der Waals surface area contributed by atoms with E-state index in [1.165, 1.54) is 18.5 Å². The summed E-state index contributed by atoms with van der Waals surface area (Å²) >= 11 is 0. The predicted octanol–water partition coefficient (Wildman–Crippen LogP) is 1.17. The third-order valence-corrected chi connectivity index (χ3v) is 4.16. The van der Waals surface area contributed by atoms with Crippen LogP contribution >= 0.6 is 0 Å². The van der Waals surface area contributed by atoms with Crippen LogP contribution in [0.4, 0.5) is 0 Å². The smallest absolute Gasteiger partial charge is 0.0180 e. The highest BCUT2D eigenvalue weighted by Crippen LogP contribution is 2.40. The minimum atomic E-state index is 0.406. The molecular weight excluding hydrogens is 222 g/mol. The third kappa shape index (κ3) is 2.91. The number of hydrogen-bond donors (Lipinski definition) is 2. The van der Waals surface area contributed by atoms with Crippen LogP contribution in [0.1, 0.15) is 24.3 Å². The van der Waals surface area contributed by atoms with Gasteiger partial charge >= 0.3 is 0 Å². The summed E-state index contributed by atoms with van der Waals surface area (Å²) < 4.78 is 0. The van der Waals surface area contributed by atoms with E-state index in [4.69, 9.17) is 5.73 Å². The molecular formula is C15H23N3. The second-order valence-electron chi connectivity index (χ2n) is 5.66. The first-order chi connectivity index (χ1) is 8.83. The zero-order chi connectivity index (χ0) is 12.4. The zero-order valence-corrected chi connectivity index (χ0v) is 10.9. The summed E-state index contributed by atoms with van der Waals surface area (Å²) in [6, 6.07) is 11.9. The van der Waals surface area contributed by atoms with Crippen LogP contribution in [0.5, 0.6) is 0 Å². The fraction of sp³-hybridized carbons (Fsp3) is 0.600. The van der Waals surface area contributed by atoms with Crippen molar-refractivity contribution in [1.82, 2.24) is 10.2 Å². The van der Waals surface area contributed by atoms with Crippen molar-refractivity contribution in [3.8, 4) is 0 Å². The van der Waals surface area contributed by atoms with Crippen molar-refractivity contribution in [1.29, 1.82) is 0 Å². The molecule has 1 aromatic carbocycles. The van der Waals surface area contributed by atoms with Crippen molar-refractivity contribution in [2.45, 2.75) is 30.8 Å². The van der Waals surface area contributed by atoms with Gasteiger partial charge in [0.05, 0.1) is 0 Å². The number of rotatable bonds is 5. The minimum Gasteiger partial charge on any atom is -0.326 e. The summed E-state index contributed by atoms with van der Waals surface area (Å²) in [4.78, 5) is 2.47. The topological polar surface area (TPSA) is 41.3 Å². The van der Waals surface area contributed by atoms with E-state index in [-0.39, 0.29) is 0 Å². The Balaban J connectivity index is 1.36. The van der Waals surface area contributed by atoms with Gasteiger partial charge in [0.2, 0.25) is 0 Å². The Kier molecular flexibility index (Phi) is 3.64. The number of benzene rings is 1. The van der Waals surface area contributed by atoms with Crippen LogP contribution in [-0.4, -0.2) is 43.2 Å². The second kappa shape index (κ2) is 5.39. The van der Waals surface area contributed by atoms with Gasteiger partial charge in [-0.15, -0.1) is 0 Å². The molecule has 1 saturated carbocycles. The van der Waals surface area contributed by atoms with Gasteiger partial charge in [0.1, 0.15) is 0 Å². The van der Waals surface area contributed by atoms with E-state index in [1.807, 2.05) is 0 Å². The lowest BCUT2D eigenvalue weighted by Crippen LogP contribution is -2.33. The molecule has 1 aliphatic carbocycles. The minimum absolute atomic E-state index is 0.406. The maximum absolute atomic E-state index is 5.90. The van der Waals surface area contributed by atoms with E-state index in [2.05, 4.69) is 40.5 Å². The Hall–Kier alpha value is -0.900. The lowest BCUT2D eigenvalue weighted by Gasteiger charge is -2.15. The van der Waals surface area contributed by atoms with Crippen LogP contribution in [0, 0.1) is 0 Å². The molecule has 3 nitrogen and oxygen atoms in total. The van der Waals surface area contributed by atoms with Crippen molar-refractivity contribution < 1.29 is 0 Å². The van der Waals surface area contributed by atoms with Crippen LogP contribution < -0.4 is 11.1 Å². The fourth-order valence-corrected chi connectivity index (χ4v) is 2.96. The number of nitrogens with zero attached hydrogens (tertiary/aromatic N) is 1. The Morgan fingerprint density at radius 1 is 1.28 bits per heavy atom. The molecule has 1 saturated heterocycles. The second-order valence-corrected chi connectivity index (χ2v) is 5.66. The van der Waals surface area contributed by atoms with Gasteiger partial charge < -0.3 is 16.0 Å². The zero-order valence-electron chi connectivity index (χ0n) is 10.9. The molecule has 1 aromatic rings. The Morgan fingerprint density at radius 2 is 2.11 bits per heavy atom. The van der Waals surface area contributed by atoms with Gasteiger partial charge in [-0.25, -0.2) is 0 Å². The van der Waals surface area contributed by atoms with Crippen LogP contribution in [-0.2, 0) is 0 Å². The summed E-state index contributed by atoms with van der Waals surface area (Å²) in [5.41, 5.74) is 7.39. The molecule has 0 spiro atoms. The summed E-state index contributed by atoms with van der Waals surface area (Å²) in [7, 11) is 0. The van der Waals surface area contributed by atoms with Crippen molar-refractivity contribution >= 4 is 0 Å². The van der Waals surface area contributed by atoms with E-state index in [0.717, 1.165) is 32.0 Å². The summed E-state index contributed by atoms with van der Waals surface area (Å²) in [6.45, 7) is 4.50. The van der Waals surface area contributed by atoms with E-state index in [1.54, 1.807) is 0 Å². The summed E-state index contributed by atoms with van der Waals surface area (Å²) in [5, 5.41) is 3.66. The number of nitrogens with one attached hydrogen (secondary N) is 1. The highest BCUT2D eigenvalue weighted by atomic mass is 15.2. The average Bonchev–Trinajstić information content (AvgIpc) is 3.05. The standard InChI is InChI=1S/C15H23N3/c16-13-6-8-18(11-13)9-7-17-15-10-14(15)12-4-2-1-3-5-12/h1-5,13-15,17H,6-11,16H2. The maximum Gasteiger partial charge on any atom is 0.0180 e. The molecule has 2 fully saturated rings. The molecule has 98 valence electrons. The van der Waals surface area contributed by atoms with E-state index in [0.29, 0.717) is 12.1 Å². The molecule has 0 bridgehead atoms. The van der Waals surface area contributed by atoms with E-state index in [9.17, 15) is 0 Å². The Morgan fingerprint density at radius 3 is 2.83 bits per heavy atom. The molecule has 3 atom stereocenters. The van der Waals surface area contributed by atoms with Crippen LogP contribution in [0.15, 0.2) is 30.3 Å². The molecule has 3 N–H and O–H groups in total. The SMILES string of the molecule is NC1CCN(CCNC2CC2c2ccccc2)C1. The van der Waals surface area contributed by atoms with E-state index < -0.39 is 0 Å². The van der Waals surface area contributed by atoms with Crippen molar-refractivity contribution in [2.24, 2.45) is 5.73 Å². The normalized spacial score (nSPS) is 31.7. The molecule has 0 aromatic heterocycles. The van der Waals surface area contributed by atoms with Gasteiger partial charge in [-0.3, -0.25) is 0 Å². The molecule has 1 aliphatic heterocycles. The van der Waals surface area contributed by atoms with Gasteiger partial charge in [-0.05, 0) is 24.9 Å². The van der Waals surface area contributed by atoms with Crippen molar-refractivity contribution in [3.63, 3.8) is 0 Å². The van der Waals surface area contributed by atoms with Gasteiger partial charge in [0.15, 0.2) is 0 Å². The van der Waals surface area contributed by atoms with Crippen LogP contribution in [0.25, 0.3) is 0 Å². The molecule has 1 heterocycles. The summed E-state index contributed by atoms with van der Waals surface area (Å²) in [5.74, 6) is 0.743. The van der Waals surface area contributed by atoms with Gasteiger partial charge in [-0.1, -0.05) is 30.3 Å². The van der Waals surface area contributed by atoms with Gasteiger partial charge in [0, 0.05) is 37.6 Å². The monoisotopic (exact) mass is 245 g/mol. The molecule has 3 rings (SSSR count). The number of hydrogen-bond acceptors (Lipinski definition) is 3. The highest BCUT2D eigenvalue weighted by Gasteiger charge is 2.37. The molecule has 3 unspecified atom stereocenters. The van der Waals surface area contributed by atoms with Crippen LogP contribution in [0.2, 0.25) is 0 Å². The fourth-order valence-electron chi connectivity index (χ4n) is 2.96. The molecule has 0 amide bonds. The van der Waals surface area contributed by atoms with Crippen LogP contribution in [0.3, 0.4) is 0 Å². The molecule has 3 heteroatoms. The first-order valence-electron chi connectivity index (χ1n) is 7.09. The molecule has 18 heavy (non-hydrogen) atoms. The van der Waals surface area contributed by atoms with Crippen molar-refractivity contribution in [3.05, 3.63) is 35.9 Å². The number of nitrogens with two attached hydrogens (primary N) is 1. The average molecular weight is 245 g/mol. The Bertz CT molecular complexity index is 379. The third-order valence-electron chi connectivity index (χ3n) is 4.16. The highest BCUT2D eigenvalue weighted by molar-refractivity contribution is 5.27. The van der Waals surface area contributed by atoms with Gasteiger partial charge in [-0.2, -0.15) is 0 Å². The lowest BCUT2D eigenvalue weighted by molar-refractivity contribution is 0.331. The molecule has 2 aliphatic rings. The largest absolute Gasteiger partial charge is 0.326 e. The van der Waals surface area contributed by atoms with Crippen molar-refractivity contribution in [2.75, 3.05) is 26.2 Å². The lowest BCUT2D eigenvalue weighted by atomic mass is 10.1. The van der Waals surface area contributed by atoms with E-state index >= 15 is 0 Å². The first kappa shape index (κ1) is 12.2. The summed E-state index contributed by atoms with van der Waals surface area (Å²) in [6.07, 6.45) is 2.46. The van der Waals surface area contributed by atoms with Gasteiger partial charge in [0.25, 0.3) is 0 Å². The molecule has 0 radical (unpaired) electrons.